The minimum atomic E-state index is -1.10. The maximum Gasteiger partial charge on any atom is 0.314 e. The summed E-state index contributed by atoms with van der Waals surface area (Å²) in [6, 6.07) is 13.0. The molecule has 3 rings (SSSR count). The third-order valence-electron chi connectivity index (χ3n) is 7.63. The molecule has 0 bridgehead atoms. The number of esters is 1. The number of benzene rings is 2. The second-order valence-corrected chi connectivity index (χ2v) is 10.1. The lowest BCUT2D eigenvalue weighted by atomic mass is 9.70. The van der Waals surface area contributed by atoms with Gasteiger partial charge in [-0.15, -0.1) is 0 Å². The normalized spacial score (nSPS) is 15.0. The Hall–Kier alpha value is -3.29. The first-order valence-corrected chi connectivity index (χ1v) is 13.9. The molecular formula is C34H42O4. The van der Waals surface area contributed by atoms with Gasteiger partial charge in [0.15, 0.2) is 0 Å². The highest BCUT2D eigenvalue weighted by Crippen LogP contribution is 2.41. The molecule has 0 saturated carbocycles. The van der Waals surface area contributed by atoms with Crippen LogP contribution < -0.4 is 4.74 Å². The summed E-state index contributed by atoms with van der Waals surface area (Å²) < 4.78 is 11.1. The first-order chi connectivity index (χ1) is 18.2. The zero-order valence-electron chi connectivity index (χ0n) is 23.8. The lowest BCUT2D eigenvalue weighted by Gasteiger charge is -2.34. The predicted molar refractivity (Wildman–Crippen MR) is 155 cm³/mol. The lowest BCUT2D eigenvalue weighted by Crippen LogP contribution is -2.26. The second-order valence-electron chi connectivity index (χ2n) is 10.1. The van der Waals surface area contributed by atoms with Crippen LogP contribution in [0.15, 0.2) is 54.3 Å². The number of unbranched alkanes of at least 4 members (excludes halogenated alkanes) is 1. The highest BCUT2D eigenvalue weighted by molar-refractivity contribution is 5.75. The average Bonchev–Trinajstić information content (AvgIpc) is 3.33. The number of aliphatic hydroxyl groups is 1. The van der Waals surface area contributed by atoms with Crippen molar-refractivity contribution >= 4 is 12.0 Å². The molecule has 0 fully saturated rings. The van der Waals surface area contributed by atoms with Gasteiger partial charge < -0.3 is 14.6 Å². The monoisotopic (exact) mass is 514 g/mol. The van der Waals surface area contributed by atoms with Gasteiger partial charge in [-0.1, -0.05) is 75.9 Å². The Morgan fingerprint density at radius 3 is 2.24 bits per heavy atom. The largest absolute Gasteiger partial charge is 0.485 e. The minimum absolute atomic E-state index is 0.129. The van der Waals surface area contributed by atoms with Gasteiger partial charge in [0.25, 0.3) is 0 Å². The fraction of sp³-hybridized carbons (Fsp3) is 0.441. The van der Waals surface area contributed by atoms with Gasteiger partial charge in [0.05, 0.1) is 6.42 Å². The van der Waals surface area contributed by atoms with E-state index in [4.69, 9.17) is 9.47 Å². The van der Waals surface area contributed by atoms with E-state index in [0.717, 1.165) is 42.6 Å². The predicted octanol–water partition coefficient (Wildman–Crippen LogP) is 7.58. The third kappa shape index (κ3) is 6.77. The molecule has 1 aliphatic heterocycles. The zero-order chi connectivity index (χ0) is 27.8. The van der Waals surface area contributed by atoms with Gasteiger partial charge in [-0.25, -0.2) is 0 Å². The number of carbonyl (C=O) groups is 1. The topological polar surface area (TPSA) is 55.8 Å². The summed E-state index contributed by atoms with van der Waals surface area (Å²) in [6.07, 6.45) is 10.2. The van der Waals surface area contributed by atoms with Gasteiger partial charge >= 0.3 is 5.97 Å². The second kappa shape index (κ2) is 13.0. The molecule has 202 valence electrons. The van der Waals surface area contributed by atoms with Crippen LogP contribution in [0.3, 0.4) is 0 Å². The van der Waals surface area contributed by atoms with Gasteiger partial charge in [0.1, 0.15) is 23.7 Å². The Kier molecular flexibility index (Phi) is 10.00. The van der Waals surface area contributed by atoms with Crippen molar-refractivity contribution in [3.05, 3.63) is 82.1 Å². The summed E-state index contributed by atoms with van der Waals surface area (Å²) in [4.78, 5) is 11.3. The lowest BCUT2D eigenvalue weighted by molar-refractivity contribution is -0.136. The van der Waals surface area contributed by atoms with Gasteiger partial charge in [0, 0.05) is 11.8 Å². The van der Waals surface area contributed by atoms with Gasteiger partial charge in [0.2, 0.25) is 0 Å². The van der Waals surface area contributed by atoms with Crippen LogP contribution in [0.25, 0.3) is 6.08 Å². The van der Waals surface area contributed by atoms with Crippen molar-refractivity contribution < 1.29 is 19.4 Å². The van der Waals surface area contributed by atoms with Crippen LogP contribution >= 0.6 is 0 Å². The summed E-state index contributed by atoms with van der Waals surface area (Å²) in [5.74, 6) is 7.26. The molecule has 1 atom stereocenters. The molecular weight excluding hydrogens is 472 g/mol. The molecule has 2 aromatic carbocycles. The van der Waals surface area contributed by atoms with Crippen molar-refractivity contribution in [2.45, 2.75) is 91.1 Å². The molecule has 4 nitrogen and oxygen atoms in total. The van der Waals surface area contributed by atoms with E-state index in [1.54, 1.807) is 6.08 Å². The van der Waals surface area contributed by atoms with Gasteiger partial charge in [-0.2, -0.15) is 0 Å². The number of cyclic esters (lactones) is 1. The summed E-state index contributed by atoms with van der Waals surface area (Å²) in [6.45, 7) is 13.0. The highest BCUT2D eigenvalue weighted by Gasteiger charge is 2.31. The van der Waals surface area contributed by atoms with Crippen molar-refractivity contribution in [3.63, 3.8) is 0 Å². The van der Waals surface area contributed by atoms with E-state index < -0.39 is 5.60 Å². The van der Waals surface area contributed by atoms with Crippen molar-refractivity contribution in [1.82, 2.24) is 0 Å². The number of carbonyl (C=O) groups excluding carboxylic acids is 1. The standard InChI is InChI=1S/C34H42O4/c1-7-11-12-20-33(36,8-2)21-19-27-13-14-28(22-25(27)5)34(9-3,10-4)29-15-17-31(26(6)23-29)37-24-30-16-18-32(35)38-30/h13-17,19,21-23,36H,7-11,18,24H2,1-6H3. The van der Waals surface area contributed by atoms with E-state index in [-0.39, 0.29) is 18.0 Å². The van der Waals surface area contributed by atoms with Crippen molar-refractivity contribution in [1.29, 1.82) is 0 Å². The van der Waals surface area contributed by atoms with E-state index in [0.29, 0.717) is 18.6 Å². The van der Waals surface area contributed by atoms with Gasteiger partial charge in [-0.05, 0) is 85.6 Å². The first kappa shape index (κ1) is 29.3. The van der Waals surface area contributed by atoms with Crippen LogP contribution in [0, 0.1) is 25.7 Å². The molecule has 0 amide bonds. The summed E-state index contributed by atoms with van der Waals surface area (Å²) in [5, 5.41) is 10.9. The van der Waals surface area contributed by atoms with Crippen LogP contribution in [0.2, 0.25) is 0 Å². The fourth-order valence-corrected chi connectivity index (χ4v) is 4.98. The Morgan fingerprint density at radius 1 is 1.00 bits per heavy atom. The highest BCUT2D eigenvalue weighted by atomic mass is 16.6. The molecule has 0 aliphatic carbocycles. The average molecular weight is 515 g/mol. The maximum absolute atomic E-state index is 11.3. The van der Waals surface area contributed by atoms with Crippen molar-refractivity contribution in [3.8, 4) is 17.6 Å². The Morgan fingerprint density at radius 2 is 1.68 bits per heavy atom. The van der Waals surface area contributed by atoms with Crippen LogP contribution in [-0.2, 0) is 14.9 Å². The first-order valence-electron chi connectivity index (χ1n) is 13.9. The fourth-order valence-electron chi connectivity index (χ4n) is 4.98. The summed E-state index contributed by atoms with van der Waals surface area (Å²) in [5.41, 5.74) is 4.61. The van der Waals surface area contributed by atoms with Crippen LogP contribution in [0.4, 0.5) is 0 Å². The van der Waals surface area contributed by atoms with Crippen LogP contribution in [0.5, 0.6) is 5.75 Å². The Labute approximate surface area is 228 Å². The number of rotatable bonds is 11. The molecule has 1 heterocycles. The minimum Gasteiger partial charge on any atom is -0.485 e. The molecule has 1 aliphatic rings. The third-order valence-corrected chi connectivity index (χ3v) is 7.63. The van der Waals surface area contributed by atoms with E-state index >= 15 is 0 Å². The molecule has 0 spiro atoms. The number of aryl methyl sites for hydroxylation is 2. The molecule has 38 heavy (non-hydrogen) atoms. The number of hydrogen-bond acceptors (Lipinski definition) is 4. The van der Waals surface area contributed by atoms with Crippen molar-refractivity contribution in [2.75, 3.05) is 6.61 Å². The maximum atomic E-state index is 11.3. The van der Waals surface area contributed by atoms with E-state index in [2.05, 4.69) is 76.8 Å². The number of ether oxygens (including phenoxy) is 2. The van der Waals surface area contributed by atoms with Gasteiger partial charge in [-0.3, -0.25) is 4.79 Å². The van der Waals surface area contributed by atoms with E-state index in [1.807, 2.05) is 25.1 Å². The summed E-state index contributed by atoms with van der Waals surface area (Å²) in [7, 11) is 0. The molecule has 0 radical (unpaired) electrons. The Bertz CT molecular complexity index is 1250. The molecule has 0 aromatic heterocycles. The van der Waals surface area contributed by atoms with Crippen molar-refractivity contribution in [2.24, 2.45) is 0 Å². The van der Waals surface area contributed by atoms with Crippen LogP contribution in [0.1, 0.15) is 94.0 Å². The molecule has 2 aromatic rings. The smallest absolute Gasteiger partial charge is 0.314 e. The molecule has 4 heteroatoms. The number of hydrogen-bond donors (Lipinski definition) is 1. The van der Waals surface area contributed by atoms with E-state index in [1.165, 1.54) is 16.7 Å². The quantitative estimate of drug-likeness (QED) is 0.248. The Balaban J connectivity index is 1.86. The zero-order valence-corrected chi connectivity index (χ0v) is 23.8. The SMILES string of the molecule is CCCC#CC(O)(C=Cc1ccc(C(CC)(CC)c2ccc(OCC3=CCC(=O)O3)c(C)c2)cc1C)CC. The molecule has 0 saturated heterocycles. The molecule has 1 N–H and O–H groups in total. The summed E-state index contributed by atoms with van der Waals surface area (Å²) >= 11 is 0. The van der Waals surface area contributed by atoms with E-state index in [9.17, 15) is 9.90 Å². The molecule has 1 unspecified atom stereocenters. The van der Waals surface area contributed by atoms with Crippen LogP contribution in [-0.4, -0.2) is 23.3 Å².